The van der Waals surface area contributed by atoms with E-state index in [2.05, 4.69) is 9.98 Å². The number of aliphatic imine (C=N–C) groups is 1. The van der Waals surface area contributed by atoms with Crippen molar-refractivity contribution in [3.8, 4) is 5.75 Å². The van der Waals surface area contributed by atoms with Gasteiger partial charge in [-0.1, -0.05) is 10.3 Å². The number of aromatic hydroxyl groups is 1. The molecular weight excluding hydrogens is 300 g/mol. The van der Waals surface area contributed by atoms with Gasteiger partial charge in [0, 0.05) is 5.75 Å². The van der Waals surface area contributed by atoms with E-state index in [0.717, 1.165) is 4.70 Å². The van der Waals surface area contributed by atoms with Crippen LogP contribution in [-0.4, -0.2) is 48.8 Å². The highest BCUT2D eigenvalue weighted by Gasteiger charge is 2.39. The second kappa shape index (κ2) is 4.44. The molecule has 0 saturated heterocycles. The van der Waals surface area contributed by atoms with Crippen LogP contribution in [0.4, 0.5) is 0 Å². The number of nitrogens with zero attached hydrogens (tertiary/aromatic N) is 2. The number of thiazole rings is 1. The highest BCUT2D eigenvalue weighted by molar-refractivity contribution is 8.41. The lowest BCUT2D eigenvalue weighted by molar-refractivity contribution is -0.137. The molecule has 6 nitrogen and oxygen atoms in total. The molecule has 1 aromatic heterocycles. The van der Waals surface area contributed by atoms with Gasteiger partial charge in [-0.2, -0.15) is 0 Å². The maximum atomic E-state index is 11.0. The summed E-state index contributed by atoms with van der Waals surface area (Å²) in [7, 11) is -2.24. The van der Waals surface area contributed by atoms with Gasteiger partial charge in [-0.25, -0.2) is 9.78 Å². The third-order valence-corrected chi connectivity index (χ3v) is 6.26. The molecule has 3 N–H and O–H groups in total. The fourth-order valence-corrected chi connectivity index (χ4v) is 5.37. The van der Waals surface area contributed by atoms with Crippen molar-refractivity contribution in [2.24, 2.45) is 4.99 Å². The van der Waals surface area contributed by atoms with Crippen LogP contribution in [0.25, 0.3) is 10.2 Å². The van der Waals surface area contributed by atoms with Crippen LogP contribution in [0.5, 0.6) is 5.75 Å². The van der Waals surface area contributed by atoms with Crippen molar-refractivity contribution in [2.45, 2.75) is 6.04 Å². The summed E-state index contributed by atoms with van der Waals surface area (Å²) in [6, 6.07) is 3.90. The lowest BCUT2D eigenvalue weighted by Crippen LogP contribution is -2.20. The molecule has 3 rings (SSSR count). The van der Waals surface area contributed by atoms with Gasteiger partial charge in [-0.05, 0) is 24.5 Å². The lowest BCUT2D eigenvalue weighted by Gasteiger charge is -2.23. The molecule has 1 aliphatic rings. The number of aromatic nitrogens is 1. The predicted octanol–water partition coefficient (Wildman–Crippen LogP) is 2.12. The van der Waals surface area contributed by atoms with E-state index in [-0.39, 0.29) is 11.5 Å². The van der Waals surface area contributed by atoms with E-state index in [4.69, 9.17) is 5.11 Å². The molecule has 2 aromatic rings. The number of aliphatic carboxylic acids is 1. The summed E-state index contributed by atoms with van der Waals surface area (Å²) in [4.78, 5) is 19.5. The molecule has 1 aliphatic heterocycles. The Labute approximate surface area is 119 Å². The minimum atomic E-state index is -2.24. The Bertz CT molecular complexity index is 738. The van der Waals surface area contributed by atoms with Crippen molar-refractivity contribution in [1.29, 1.82) is 0 Å². The number of carboxylic acid groups (broad SMARTS) is 1. The zero-order valence-electron chi connectivity index (χ0n) is 10.5. The molecule has 2 heterocycles. The number of carbonyl (C=O) groups is 1. The van der Waals surface area contributed by atoms with Crippen LogP contribution in [0.2, 0.25) is 0 Å². The average Bonchev–Trinajstić information content (AvgIpc) is 2.88. The molecular formula is C12H12N2O4S2. The van der Waals surface area contributed by atoms with E-state index in [0.29, 0.717) is 15.6 Å². The summed E-state index contributed by atoms with van der Waals surface area (Å²) < 4.78 is 11.2. The van der Waals surface area contributed by atoms with Crippen LogP contribution in [0.1, 0.15) is 5.01 Å². The van der Waals surface area contributed by atoms with Gasteiger partial charge in [0.2, 0.25) is 0 Å². The van der Waals surface area contributed by atoms with E-state index in [1.54, 1.807) is 18.4 Å². The highest BCUT2D eigenvalue weighted by Crippen LogP contribution is 2.50. The van der Waals surface area contributed by atoms with E-state index in [1.165, 1.54) is 17.4 Å². The summed E-state index contributed by atoms with van der Waals surface area (Å²) in [5, 5.41) is 19.4. The molecule has 20 heavy (non-hydrogen) atoms. The first-order valence-corrected chi connectivity index (χ1v) is 8.74. The van der Waals surface area contributed by atoms with Gasteiger partial charge in [0.1, 0.15) is 15.8 Å². The Morgan fingerprint density at radius 3 is 2.90 bits per heavy atom. The number of fused-ring (bicyclic) bond motifs is 1. The Morgan fingerprint density at radius 2 is 2.25 bits per heavy atom. The molecule has 1 aromatic carbocycles. The zero-order valence-corrected chi connectivity index (χ0v) is 12.1. The number of rotatable bonds is 2. The molecule has 0 spiro atoms. The summed E-state index contributed by atoms with van der Waals surface area (Å²) in [6.07, 6.45) is 1.62. The van der Waals surface area contributed by atoms with Crippen molar-refractivity contribution in [1.82, 2.24) is 4.98 Å². The fraction of sp³-hybridized carbons (Fsp3) is 0.250. The number of phenolic OH excluding ortho intramolecular Hbond substituents is 1. The van der Waals surface area contributed by atoms with Gasteiger partial charge in [0.15, 0.2) is 6.04 Å². The van der Waals surface area contributed by atoms with Crippen molar-refractivity contribution in [3.63, 3.8) is 0 Å². The van der Waals surface area contributed by atoms with Gasteiger partial charge < -0.3 is 14.8 Å². The first-order chi connectivity index (χ1) is 9.37. The molecule has 1 unspecified atom stereocenters. The van der Waals surface area contributed by atoms with Gasteiger partial charge in [0.25, 0.3) is 0 Å². The fourth-order valence-electron chi connectivity index (χ4n) is 2.05. The average molecular weight is 312 g/mol. The third kappa shape index (κ3) is 2.15. The van der Waals surface area contributed by atoms with E-state index >= 15 is 0 Å². The smallest absolute Gasteiger partial charge is 0.329 e. The van der Waals surface area contributed by atoms with Crippen molar-refractivity contribution < 1.29 is 19.6 Å². The number of benzene rings is 1. The van der Waals surface area contributed by atoms with Crippen LogP contribution >= 0.6 is 21.6 Å². The minimum absolute atomic E-state index is 0.124. The molecule has 2 atom stereocenters. The molecule has 0 aliphatic carbocycles. The van der Waals surface area contributed by atoms with Crippen LogP contribution in [0.3, 0.4) is 0 Å². The minimum Gasteiger partial charge on any atom is -0.508 e. The maximum Gasteiger partial charge on any atom is 0.329 e. The van der Waals surface area contributed by atoms with Crippen LogP contribution in [-0.2, 0) is 4.79 Å². The van der Waals surface area contributed by atoms with Gasteiger partial charge in [-0.3, -0.25) is 4.99 Å². The number of hydrogen-bond acceptors (Lipinski definition) is 6. The first-order valence-electron chi connectivity index (χ1n) is 5.76. The molecule has 0 saturated carbocycles. The Kier molecular flexibility index (Phi) is 2.96. The summed E-state index contributed by atoms with van der Waals surface area (Å²) in [5.41, 5.74) is 0.694. The Balaban J connectivity index is 2.09. The second-order valence-corrected chi connectivity index (χ2v) is 8.50. The summed E-state index contributed by atoms with van der Waals surface area (Å²) >= 11 is 1.29. The largest absolute Gasteiger partial charge is 0.508 e. The summed E-state index contributed by atoms with van der Waals surface area (Å²) in [5.74, 6) is -0.770. The second-order valence-electron chi connectivity index (χ2n) is 4.67. The van der Waals surface area contributed by atoms with Crippen LogP contribution < -0.4 is 0 Å². The molecule has 8 heteroatoms. The van der Waals surface area contributed by atoms with Crippen molar-refractivity contribution in [2.75, 3.05) is 12.0 Å². The molecule has 0 amide bonds. The molecule has 106 valence electrons. The molecule has 0 radical (unpaired) electrons. The van der Waals surface area contributed by atoms with Crippen LogP contribution in [0, 0.1) is 0 Å². The van der Waals surface area contributed by atoms with E-state index < -0.39 is 22.3 Å². The zero-order chi connectivity index (χ0) is 14.5. The lowest BCUT2D eigenvalue weighted by atomic mass is 10.3. The van der Waals surface area contributed by atoms with Crippen LogP contribution in [0.15, 0.2) is 23.2 Å². The van der Waals surface area contributed by atoms with Gasteiger partial charge in [-0.15, -0.1) is 11.3 Å². The monoisotopic (exact) mass is 312 g/mol. The third-order valence-electron chi connectivity index (χ3n) is 3.01. The predicted molar refractivity (Wildman–Crippen MR) is 80.3 cm³/mol. The molecule has 0 bridgehead atoms. The Hall–Kier alpha value is -1.64. The van der Waals surface area contributed by atoms with Crippen molar-refractivity contribution in [3.05, 3.63) is 23.2 Å². The van der Waals surface area contributed by atoms with Crippen molar-refractivity contribution >= 4 is 42.9 Å². The number of hydrogen-bond donors (Lipinski definition) is 3. The topological polar surface area (TPSA) is 103 Å². The quantitative estimate of drug-likeness (QED) is 0.788. The normalized spacial score (nSPS) is 29.1. The number of phenols is 1. The Morgan fingerprint density at radius 1 is 1.50 bits per heavy atom. The highest BCUT2D eigenvalue weighted by atomic mass is 32.3. The SMILES string of the molecule is CS1(O)C[C@H](C(=O)O)N=C1c1nc2ccc(O)cc2s1. The van der Waals surface area contributed by atoms with E-state index in [9.17, 15) is 14.5 Å². The first kappa shape index (κ1) is 13.3. The van der Waals surface area contributed by atoms with Gasteiger partial charge in [0.05, 0.1) is 10.2 Å². The molecule has 0 fully saturated rings. The standard InChI is InChI=1S/C12H12N2O4S2/c1-20(18)5-8(12(16)17)14-11(20)10-13-7-3-2-6(15)4-9(7)19-10/h2-4,8,15,18H,5H2,1H3,(H,16,17)/t8-/m1/s1. The maximum absolute atomic E-state index is 11.0. The number of carboxylic acids is 1. The summed E-state index contributed by atoms with van der Waals surface area (Å²) in [6.45, 7) is 0. The van der Waals surface area contributed by atoms with E-state index in [1.807, 2.05) is 0 Å². The van der Waals surface area contributed by atoms with Gasteiger partial charge >= 0.3 is 5.97 Å².